The molecule has 31 heavy (non-hydrogen) atoms. The summed E-state index contributed by atoms with van der Waals surface area (Å²) in [6.45, 7) is 2.23. The van der Waals surface area contributed by atoms with E-state index in [9.17, 15) is 13.2 Å². The molecule has 1 heterocycles. The van der Waals surface area contributed by atoms with Crippen molar-refractivity contribution >= 4 is 5.69 Å². The van der Waals surface area contributed by atoms with Crippen LogP contribution in [0.5, 0.6) is 5.75 Å². The van der Waals surface area contributed by atoms with E-state index in [1.165, 1.54) is 12.1 Å². The molecule has 0 radical (unpaired) electrons. The molecule has 3 rings (SSSR count). The van der Waals surface area contributed by atoms with Crippen LogP contribution >= 0.6 is 0 Å². The number of hydrogen-bond donors (Lipinski definition) is 0. The van der Waals surface area contributed by atoms with E-state index in [1.54, 1.807) is 13.2 Å². The molecule has 0 aliphatic carbocycles. The van der Waals surface area contributed by atoms with Gasteiger partial charge in [0.2, 0.25) is 0 Å². The number of hydrogen-bond acceptors (Lipinski definition) is 3. The number of methoxy groups -OCH3 is 1. The quantitative estimate of drug-likeness (QED) is 0.596. The summed E-state index contributed by atoms with van der Waals surface area (Å²) >= 11 is 0. The molecule has 166 valence electrons. The van der Waals surface area contributed by atoms with Gasteiger partial charge in [0.25, 0.3) is 0 Å². The Morgan fingerprint density at radius 1 is 1.16 bits per heavy atom. The Kier molecular flexibility index (Phi) is 7.17. The first-order chi connectivity index (χ1) is 14.7. The second-order valence-electron chi connectivity index (χ2n) is 8.34. The van der Waals surface area contributed by atoms with E-state index < -0.39 is 11.7 Å². The molecular weight excluding hydrogens is 401 g/mol. The van der Waals surface area contributed by atoms with Crippen molar-refractivity contribution in [1.82, 2.24) is 4.90 Å². The van der Waals surface area contributed by atoms with E-state index in [0.717, 1.165) is 30.1 Å². The predicted molar refractivity (Wildman–Crippen MR) is 119 cm³/mol. The van der Waals surface area contributed by atoms with Gasteiger partial charge in [-0.1, -0.05) is 12.1 Å². The average molecular weight is 431 g/mol. The Balaban J connectivity index is 2.06. The third-order valence-corrected chi connectivity index (χ3v) is 5.95. The summed E-state index contributed by atoms with van der Waals surface area (Å²) < 4.78 is 45.6. The topological polar surface area (TPSA) is 15.7 Å². The minimum Gasteiger partial charge on any atom is -0.497 e. The fourth-order valence-corrected chi connectivity index (χ4v) is 4.28. The van der Waals surface area contributed by atoms with Crippen molar-refractivity contribution in [2.45, 2.75) is 24.9 Å². The molecule has 0 amide bonds. The Morgan fingerprint density at radius 2 is 1.87 bits per heavy atom. The fourth-order valence-electron chi connectivity index (χ4n) is 4.28. The standard InChI is InChI=1S/C25H29F3N2O/c1-5-6-19-17-30(14-13-29(2)3)24-12-9-21(25(26,27)28)15-20(24)16-23(19)18-7-10-22(31-4)11-8-18/h1,7-12,15,19,23H,6,13-14,16-17H2,2-4H3/t19-,23-/m1/s1. The van der Waals surface area contributed by atoms with Gasteiger partial charge in [-0.15, -0.1) is 12.3 Å². The number of likely N-dealkylation sites (N-methyl/N-ethyl adjacent to an activating group) is 1. The summed E-state index contributed by atoms with van der Waals surface area (Å²) in [7, 11) is 5.59. The summed E-state index contributed by atoms with van der Waals surface area (Å²) in [6.07, 6.45) is 2.41. The van der Waals surface area contributed by atoms with Crippen LogP contribution < -0.4 is 9.64 Å². The molecule has 0 saturated carbocycles. The third kappa shape index (κ3) is 5.54. The summed E-state index contributed by atoms with van der Waals surface area (Å²) in [6, 6.07) is 11.9. The van der Waals surface area contributed by atoms with Crippen molar-refractivity contribution in [1.29, 1.82) is 0 Å². The van der Waals surface area contributed by atoms with E-state index in [-0.39, 0.29) is 11.8 Å². The largest absolute Gasteiger partial charge is 0.497 e. The Labute approximate surface area is 182 Å². The van der Waals surface area contributed by atoms with Gasteiger partial charge < -0.3 is 14.5 Å². The van der Waals surface area contributed by atoms with Crippen molar-refractivity contribution in [3.05, 3.63) is 59.2 Å². The average Bonchev–Trinajstić information content (AvgIpc) is 2.88. The Hall–Kier alpha value is -2.65. The van der Waals surface area contributed by atoms with Crippen molar-refractivity contribution in [2.75, 3.05) is 45.7 Å². The molecule has 2 aromatic rings. The monoisotopic (exact) mass is 430 g/mol. The molecule has 2 atom stereocenters. The molecular formula is C25H29F3N2O. The summed E-state index contributed by atoms with van der Waals surface area (Å²) in [4.78, 5) is 4.27. The number of rotatable bonds is 6. The summed E-state index contributed by atoms with van der Waals surface area (Å²) in [5, 5.41) is 0. The van der Waals surface area contributed by atoms with Gasteiger partial charge >= 0.3 is 6.18 Å². The second kappa shape index (κ2) is 9.65. The summed E-state index contributed by atoms with van der Waals surface area (Å²) in [5.41, 5.74) is 2.04. The maximum absolute atomic E-state index is 13.5. The maximum Gasteiger partial charge on any atom is 0.416 e. The highest BCUT2D eigenvalue weighted by Gasteiger charge is 2.35. The van der Waals surface area contributed by atoms with E-state index in [4.69, 9.17) is 11.2 Å². The zero-order valence-electron chi connectivity index (χ0n) is 18.2. The van der Waals surface area contributed by atoms with Gasteiger partial charge in [-0.05, 0) is 73.8 Å². The van der Waals surface area contributed by atoms with Crippen LogP contribution in [0.3, 0.4) is 0 Å². The number of fused-ring (bicyclic) bond motifs is 1. The van der Waals surface area contributed by atoms with E-state index >= 15 is 0 Å². The SMILES string of the molecule is C#CC[C@@H]1CN(CCN(C)C)c2ccc(C(F)(F)F)cc2C[C@@H]1c1ccc(OC)cc1. The normalized spacial score (nSPS) is 19.0. The smallest absolute Gasteiger partial charge is 0.416 e. The van der Waals surface area contributed by atoms with Gasteiger partial charge in [-0.25, -0.2) is 0 Å². The van der Waals surface area contributed by atoms with Crippen LogP contribution in [-0.2, 0) is 12.6 Å². The first-order valence-electron chi connectivity index (χ1n) is 10.4. The lowest BCUT2D eigenvalue weighted by Crippen LogP contribution is -2.36. The minimum absolute atomic E-state index is 0.0218. The van der Waals surface area contributed by atoms with Crippen LogP contribution in [0.15, 0.2) is 42.5 Å². The maximum atomic E-state index is 13.5. The van der Waals surface area contributed by atoms with E-state index in [0.29, 0.717) is 24.9 Å². The highest BCUT2D eigenvalue weighted by Crippen LogP contribution is 2.41. The number of ether oxygens (including phenoxy) is 1. The van der Waals surface area contributed by atoms with Gasteiger partial charge in [0.1, 0.15) is 5.75 Å². The molecule has 0 aromatic heterocycles. The van der Waals surface area contributed by atoms with Crippen molar-refractivity contribution in [3.8, 4) is 18.1 Å². The molecule has 1 aliphatic heterocycles. The molecule has 0 spiro atoms. The van der Waals surface area contributed by atoms with Crippen LogP contribution in [0.1, 0.15) is 29.0 Å². The zero-order chi connectivity index (χ0) is 22.6. The molecule has 2 aromatic carbocycles. The second-order valence-corrected chi connectivity index (χ2v) is 8.34. The van der Waals surface area contributed by atoms with E-state index in [1.807, 2.05) is 38.4 Å². The van der Waals surface area contributed by atoms with Crippen molar-refractivity contribution in [2.24, 2.45) is 5.92 Å². The minimum atomic E-state index is -4.37. The molecule has 0 bridgehead atoms. The summed E-state index contributed by atoms with van der Waals surface area (Å²) in [5.74, 6) is 3.69. The van der Waals surface area contributed by atoms with Crippen molar-refractivity contribution < 1.29 is 17.9 Å². The number of benzene rings is 2. The lowest BCUT2D eigenvalue weighted by atomic mass is 9.80. The zero-order valence-corrected chi connectivity index (χ0v) is 18.2. The lowest BCUT2D eigenvalue weighted by molar-refractivity contribution is -0.137. The fraction of sp³-hybridized carbons (Fsp3) is 0.440. The van der Waals surface area contributed by atoms with Crippen LogP contribution in [0.4, 0.5) is 18.9 Å². The van der Waals surface area contributed by atoms with E-state index in [2.05, 4.69) is 15.7 Å². The van der Waals surface area contributed by atoms with Gasteiger partial charge in [-0.3, -0.25) is 0 Å². The number of halogens is 3. The van der Waals surface area contributed by atoms with Gasteiger partial charge in [0, 0.05) is 31.7 Å². The Morgan fingerprint density at radius 3 is 2.45 bits per heavy atom. The molecule has 0 saturated heterocycles. The van der Waals surface area contributed by atoms with Gasteiger partial charge in [-0.2, -0.15) is 13.2 Å². The number of terminal acetylenes is 1. The number of nitrogens with zero attached hydrogens (tertiary/aromatic N) is 2. The predicted octanol–water partition coefficient (Wildman–Crippen LogP) is 5.06. The number of alkyl halides is 3. The first kappa shape index (κ1) is 23.0. The van der Waals surface area contributed by atoms with Crippen LogP contribution in [-0.4, -0.2) is 45.7 Å². The van der Waals surface area contributed by atoms with Crippen LogP contribution in [0, 0.1) is 18.3 Å². The molecule has 3 nitrogen and oxygen atoms in total. The molecule has 0 unspecified atom stereocenters. The first-order valence-corrected chi connectivity index (χ1v) is 10.4. The van der Waals surface area contributed by atoms with Gasteiger partial charge in [0.05, 0.1) is 12.7 Å². The van der Waals surface area contributed by atoms with Crippen molar-refractivity contribution in [3.63, 3.8) is 0 Å². The lowest BCUT2D eigenvalue weighted by Gasteiger charge is -2.30. The molecule has 6 heteroatoms. The molecule has 0 fully saturated rings. The molecule has 1 aliphatic rings. The third-order valence-electron chi connectivity index (χ3n) is 5.95. The number of anilines is 1. The molecule has 0 N–H and O–H groups in total. The van der Waals surface area contributed by atoms with Gasteiger partial charge in [0.15, 0.2) is 0 Å². The van der Waals surface area contributed by atoms with Crippen LogP contribution in [0.25, 0.3) is 0 Å². The highest BCUT2D eigenvalue weighted by atomic mass is 19.4. The highest BCUT2D eigenvalue weighted by molar-refractivity contribution is 5.57. The van der Waals surface area contributed by atoms with Crippen LogP contribution in [0.2, 0.25) is 0 Å². The Bertz CT molecular complexity index is 916.